The van der Waals surface area contributed by atoms with Crippen LogP contribution in [-0.2, 0) is 16.0 Å². The lowest BCUT2D eigenvalue weighted by Crippen LogP contribution is -2.44. The molecule has 4 rings (SSSR count). The van der Waals surface area contributed by atoms with Crippen molar-refractivity contribution in [3.05, 3.63) is 30.0 Å². The first-order valence-corrected chi connectivity index (χ1v) is 10.4. The van der Waals surface area contributed by atoms with E-state index in [1.165, 1.54) is 6.08 Å². The molecule has 156 valence electrons. The molecule has 0 amide bonds. The molecular formula is C21H29N5O3. The summed E-state index contributed by atoms with van der Waals surface area (Å²) >= 11 is 0. The molecule has 0 radical (unpaired) electrons. The van der Waals surface area contributed by atoms with Crippen molar-refractivity contribution in [2.24, 2.45) is 0 Å². The third-order valence-corrected chi connectivity index (χ3v) is 5.67. The number of likely N-dealkylation sites (N-methyl/N-ethyl adjacent to an activating group) is 1. The molecule has 1 unspecified atom stereocenters. The largest absolute Gasteiger partial charge is 0.478 e. The highest BCUT2D eigenvalue weighted by atomic mass is 16.5. The number of anilines is 1. The lowest BCUT2D eigenvalue weighted by Gasteiger charge is -2.33. The van der Waals surface area contributed by atoms with Gasteiger partial charge in [-0.05, 0) is 51.3 Å². The number of rotatable bonds is 6. The van der Waals surface area contributed by atoms with Crippen molar-refractivity contribution in [3.8, 4) is 0 Å². The number of fused-ring (bicyclic) bond motifs is 1. The highest BCUT2D eigenvalue weighted by Crippen LogP contribution is 2.29. The first-order chi connectivity index (χ1) is 14.1. The van der Waals surface area contributed by atoms with Gasteiger partial charge in [-0.3, -0.25) is 0 Å². The molecule has 2 aliphatic heterocycles. The zero-order valence-electron chi connectivity index (χ0n) is 17.0. The second-order valence-corrected chi connectivity index (χ2v) is 7.82. The molecule has 2 aliphatic rings. The number of piperazine rings is 1. The van der Waals surface area contributed by atoms with Gasteiger partial charge in [0.15, 0.2) is 6.23 Å². The Kier molecular flexibility index (Phi) is 6.10. The smallest absolute Gasteiger partial charge is 0.327 e. The van der Waals surface area contributed by atoms with Gasteiger partial charge in [-0.25, -0.2) is 14.5 Å². The number of aromatic nitrogens is 3. The van der Waals surface area contributed by atoms with Crippen LogP contribution in [0.2, 0.25) is 0 Å². The van der Waals surface area contributed by atoms with Crippen molar-refractivity contribution in [2.75, 3.05) is 44.7 Å². The van der Waals surface area contributed by atoms with Gasteiger partial charge in [-0.15, -0.1) is 0 Å². The van der Waals surface area contributed by atoms with Gasteiger partial charge in [0.25, 0.3) is 0 Å². The first kappa shape index (κ1) is 19.8. The summed E-state index contributed by atoms with van der Waals surface area (Å²) in [6.07, 6.45) is 7.26. The van der Waals surface area contributed by atoms with E-state index in [1.807, 2.05) is 4.68 Å². The van der Waals surface area contributed by atoms with Crippen molar-refractivity contribution in [3.63, 3.8) is 0 Å². The van der Waals surface area contributed by atoms with Crippen molar-refractivity contribution < 1.29 is 14.6 Å². The molecule has 29 heavy (non-hydrogen) atoms. The van der Waals surface area contributed by atoms with E-state index in [4.69, 9.17) is 19.9 Å². The lowest BCUT2D eigenvalue weighted by molar-refractivity contribution is -0.131. The summed E-state index contributed by atoms with van der Waals surface area (Å²) in [6, 6.07) is 4.19. The third kappa shape index (κ3) is 4.59. The molecule has 2 aromatic rings. The number of carboxylic acids is 1. The molecule has 1 N–H and O–H groups in total. The van der Waals surface area contributed by atoms with Gasteiger partial charge >= 0.3 is 5.97 Å². The minimum atomic E-state index is -0.925. The van der Waals surface area contributed by atoms with Crippen molar-refractivity contribution in [1.29, 1.82) is 0 Å². The number of ether oxygens (including phenoxy) is 1. The van der Waals surface area contributed by atoms with Crippen LogP contribution in [-0.4, -0.2) is 70.6 Å². The summed E-state index contributed by atoms with van der Waals surface area (Å²) in [5, 5.41) is 13.7. The standard InChI is InChI=1S/C21H29N5O3/c1-24-11-13-25(14-12-24)18-10-9-17-21(22-18)16(6-2-3-8-20(27)28)23-26(17)19-7-4-5-15-29-19/h3,8-10,19H,2,4-7,11-15H2,1H3,(H,27,28)/b8-3+. The molecule has 2 saturated heterocycles. The van der Waals surface area contributed by atoms with Crippen LogP contribution < -0.4 is 4.90 Å². The number of carboxylic acid groups (broad SMARTS) is 1. The van der Waals surface area contributed by atoms with Gasteiger partial charge in [-0.1, -0.05) is 6.08 Å². The fraction of sp³-hybridized carbons (Fsp3) is 0.571. The number of pyridine rings is 1. The van der Waals surface area contributed by atoms with E-state index in [0.29, 0.717) is 12.8 Å². The Bertz CT molecular complexity index is 880. The summed E-state index contributed by atoms with van der Waals surface area (Å²) in [4.78, 5) is 20.4. The molecule has 0 spiro atoms. The van der Waals surface area contributed by atoms with Crippen molar-refractivity contribution in [1.82, 2.24) is 19.7 Å². The van der Waals surface area contributed by atoms with E-state index < -0.39 is 5.97 Å². The number of allylic oxidation sites excluding steroid dienone is 1. The summed E-state index contributed by atoms with van der Waals surface area (Å²) in [6.45, 7) is 4.75. The van der Waals surface area contributed by atoms with E-state index in [2.05, 4.69) is 29.0 Å². The van der Waals surface area contributed by atoms with Crippen LogP contribution in [0.3, 0.4) is 0 Å². The molecule has 1 atom stereocenters. The second-order valence-electron chi connectivity index (χ2n) is 7.82. The molecular weight excluding hydrogens is 370 g/mol. The zero-order chi connectivity index (χ0) is 20.2. The lowest BCUT2D eigenvalue weighted by atomic mass is 10.2. The molecule has 2 aromatic heterocycles. The van der Waals surface area contributed by atoms with Gasteiger partial charge in [0, 0.05) is 38.9 Å². The topological polar surface area (TPSA) is 83.7 Å². The average Bonchev–Trinajstić information content (AvgIpc) is 3.10. The van der Waals surface area contributed by atoms with Crippen LogP contribution in [0.1, 0.15) is 37.6 Å². The molecule has 4 heterocycles. The summed E-state index contributed by atoms with van der Waals surface area (Å²) in [5.41, 5.74) is 2.80. The molecule has 8 nitrogen and oxygen atoms in total. The van der Waals surface area contributed by atoms with Crippen molar-refractivity contribution in [2.45, 2.75) is 38.3 Å². The number of carbonyl (C=O) groups is 1. The number of hydrogen-bond donors (Lipinski definition) is 1. The van der Waals surface area contributed by atoms with Crippen LogP contribution >= 0.6 is 0 Å². The minimum absolute atomic E-state index is 0.0501. The SMILES string of the molecule is CN1CCN(c2ccc3c(n2)c(CC/C=C/C(=O)O)nn3C2CCCCO2)CC1. The van der Waals surface area contributed by atoms with Gasteiger partial charge in [0.05, 0.1) is 11.2 Å². The fourth-order valence-electron chi connectivity index (χ4n) is 3.99. The van der Waals surface area contributed by atoms with Crippen LogP contribution in [0.15, 0.2) is 24.3 Å². The van der Waals surface area contributed by atoms with Crippen LogP contribution in [0, 0.1) is 0 Å². The summed E-state index contributed by atoms with van der Waals surface area (Å²) in [7, 11) is 2.14. The highest BCUT2D eigenvalue weighted by molar-refractivity contribution is 5.80. The molecule has 0 saturated carbocycles. The van der Waals surface area contributed by atoms with Gasteiger partial charge < -0.3 is 19.6 Å². The highest BCUT2D eigenvalue weighted by Gasteiger charge is 2.23. The predicted molar refractivity (Wildman–Crippen MR) is 111 cm³/mol. The minimum Gasteiger partial charge on any atom is -0.478 e. The van der Waals surface area contributed by atoms with E-state index >= 15 is 0 Å². The Labute approximate surface area is 170 Å². The number of aliphatic carboxylic acids is 1. The van der Waals surface area contributed by atoms with Gasteiger partial charge in [0.2, 0.25) is 0 Å². The summed E-state index contributed by atoms with van der Waals surface area (Å²) < 4.78 is 7.94. The third-order valence-electron chi connectivity index (χ3n) is 5.67. The molecule has 0 aliphatic carbocycles. The quantitative estimate of drug-likeness (QED) is 0.747. The van der Waals surface area contributed by atoms with Crippen LogP contribution in [0.5, 0.6) is 0 Å². The van der Waals surface area contributed by atoms with E-state index in [-0.39, 0.29) is 6.23 Å². The second kappa shape index (κ2) is 8.92. The maximum Gasteiger partial charge on any atom is 0.327 e. The monoisotopic (exact) mass is 399 g/mol. The maximum absolute atomic E-state index is 10.7. The van der Waals surface area contributed by atoms with Gasteiger partial charge in [0.1, 0.15) is 11.3 Å². The zero-order valence-corrected chi connectivity index (χ0v) is 17.0. The first-order valence-electron chi connectivity index (χ1n) is 10.4. The summed E-state index contributed by atoms with van der Waals surface area (Å²) in [5.74, 6) is 0.0588. The normalized spacial score (nSPS) is 21.3. The van der Waals surface area contributed by atoms with Crippen LogP contribution in [0.4, 0.5) is 5.82 Å². The number of hydrogen-bond acceptors (Lipinski definition) is 6. The number of aryl methyl sites for hydroxylation is 1. The molecule has 8 heteroatoms. The predicted octanol–water partition coefficient (Wildman–Crippen LogP) is 2.46. The van der Waals surface area contributed by atoms with Crippen LogP contribution in [0.25, 0.3) is 11.0 Å². The van der Waals surface area contributed by atoms with Crippen molar-refractivity contribution >= 4 is 22.8 Å². The Hall–Kier alpha value is -2.45. The van der Waals surface area contributed by atoms with E-state index in [1.54, 1.807) is 6.08 Å². The Morgan fingerprint density at radius 1 is 1.28 bits per heavy atom. The average molecular weight is 399 g/mol. The molecule has 0 bridgehead atoms. The van der Waals surface area contributed by atoms with Gasteiger partial charge in [-0.2, -0.15) is 5.10 Å². The Morgan fingerprint density at radius 3 is 2.83 bits per heavy atom. The number of nitrogens with zero attached hydrogens (tertiary/aromatic N) is 5. The molecule has 2 fully saturated rings. The fourth-order valence-corrected chi connectivity index (χ4v) is 3.99. The molecule has 0 aromatic carbocycles. The van der Waals surface area contributed by atoms with E-state index in [0.717, 1.165) is 74.6 Å². The Morgan fingerprint density at radius 2 is 2.10 bits per heavy atom. The van der Waals surface area contributed by atoms with E-state index in [9.17, 15) is 4.79 Å². The maximum atomic E-state index is 10.7. The Balaban J connectivity index is 1.64.